The smallest absolute Gasteiger partial charge is 0.200 e. The van der Waals surface area contributed by atoms with Crippen LogP contribution in [0.15, 0.2) is 0 Å². The standard InChI is InChI=1S/C4H2Cl4F2/c5-2(6)1-3(7,8)4(2,9)10/h1H2. The Labute approximate surface area is 76.4 Å². The molecule has 0 bridgehead atoms. The number of hydrogen-bond acceptors (Lipinski definition) is 0. The fourth-order valence-electron chi connectivity index (χ4n) is 0.662. The molecule has 6 heteroatoms. The zero-order valence-corrected chi connectivity index (χ0v) is 7.50. The van der Waals surface area contributed by atoms with E-state index in [9.17, 15) is 8.78 Å². The molecule has 0 unspecified atom stereocenters. The Hall–Kier alpha value is 1.02. The highest BCUT2D eigenvalue weighted by molar-refractivity contribution is 6.58. The lowest BCUT2D eigenvalue weighted by atomic mass is 9.91. The highest BCUT2D eigenvalue weighted by Crippen LogP contribution is 2.65. The predicted molar refractivity (Wildman–Crippen MR) is 38.4 cm³/mol. The van der Waals surface area contributed by atoms with E-state index in [1.165, 1.54) is 0 Å². The van der Waals surface area contributed by atoms with Gasteiger partial charge in [0.25, 0.3) is 0 Å². The number of hydrogen-bond donors (Lipinski definition) is 0. The van der Waals surface area contributed by atoms with E-state index in [2.05, 4.69) is 0 Å². The average Bonchev–Trinajstić information content (AvgIpc) is 1.61. The molecule has 0 N–H and O–H groups in total. The fourth-order valence-corrected chi connectivity index (χ4v) is 2.58. The summed E-state index contributed by atoms with van der Waals surface area (Å²) in [5.41, 5.74) is 0. The van der Waals surface area contributed by atoms with Crippen LogP contribution in [0, 0.1) is 0 Å². The summed E-state index contributed by atoms with van der Waals surface area (Å²) in [6.45, 7) is 0. The van der Waals surface area contributed by atoms with Crippen molar-refractivity contribution in [3.05, 3.63) is 0 Å². The summed E-state index contributed by atoms with van der Waals surface area (Å²) < 4.78 is 20.9. The molecule has 0 atom stereocenters. The zero-order chi connectivity index (χ0) is 8.21. The minimum absolute atomic E-state index is 0.320. The SMILES string of the molecule is FC1(F)C(Cl)(Cl)CC1(Cl)Cl. The molecule has 1 aliphatic rings. The lowest BCUT2D eigenvalue weighted by Gasteiger charge is -2.48. The predicted octanol–water partition coefficient (Wildman–Crippen LogP) is 3.37. The van der Waals surface area contributed by atoms with Gasteiger partial charge in [0.15, 0.2) is 8.67 Å². The van der Waals surface area contributed by atoms with Crippen molar-refractivity contribution in [2.24, 2.45) is 0 Å². The van der Waals surface area contributed by atoms with E-state index in [1.54, 1.807) is 0 Å². The summed E-state index contributed by atoms with van der Waals surface area (Å²) in [6.07, 6.45) is -0.320. The minimum Gasteiger partial charge on any atom is -0.200 e. The Balaban J connectivity index is 2.85. The van der Waals surface area contributed by atoms with Crippen LogP contribution < -0.4 is 0 Å². The summed E-state index contributed by atoms with van der Waals surface area (Å²) in [5, 5.41) is 0. The van der Waals surface area contributed by atoms with E-state index < -0.39 is 14.6 Å². The number of halogens is 6. The third-order valence-corrected chi connectivity index (χ3v) is 2.85. The van der Waals surface area contributed by atoms with Gasteiger partial charge in [-0.2, -0.15) is 8.78 Å². The van der Waals surface area contributed by atoms with Crippen molar-refractivity contribution in [1.29, 1.82) is 0 Å². The van der Waals surface area contributed by atoms with Gasteiger partial charge in [-0.1, -0.05) is 46.4 Å². The summed E-state index contributed by atoms with van der Waals surface area (Å²) in [7, 11) is 0. The van der Waals surface area contributed by atoms with Crippen LogP contribution in [0.5, 0.6) is 0 Å². The monoisotopic (exact) mass is 228 g/mol. The lowest BCUT2D eigenvalue weighted by Crippen LogP contribution is -2.64. The fraction of sp³-hybridized carbons (Fsp3) is 1.00. The average molecular weight is 230 g/mol. The molecule has 10 heavy (non-hydrogen) atoms. The molecule has 1 saturated carbocycles. The van der Waals surface area contributed by atoms with Gasteiger partial charge in [0.2, 0.25) is 0 Å². The van der Waals surface area contributed by atoms with Crippen molar-refractivity contribution in [3.63, 3.8) is 0 Å². The molecule has 1 rings (SSSR count). The summed E-state index contributed by atoms with van der Waals surface area (Å²) in [4.78, 5) is 0. The second-order valence-electron chi connectivity index (χ2n) is 2.16. The second-order valence-corrected chi connectivity index (χ2v) is 5.13. The van der Waals surface area contributed by atoms with Crippen LogP contribution in [0.25, 0.3) is 0 Å². The Bertz CT molecular complexity index is 149. The molecule has 0 amide bonds. The summed E-state index contributed by atoms with van der Waals surface area (Å²) in [6, 6.07) is 0. The third-order valence-electron chi connectivity index (χ3n) is 1.36. The van der Waals surface area contributed by atoms with E-state index >= 15 is 0 Å². The van der Waals surface area contributed by atoms with Gasteiger partial charge < -0.3 is 0 Å². The minimum atomic E-state index is -3.42. The topological polar surface area (TPSA) is 0 Å². The normalized spacial score (nSPS) is 33.0. The number of rotatable bonds is 0. The molecule has 0 radical (unpaired) electrons. The van der Waals surface area contributed by atoms with Gasteiger partial charge in [-0.05, 0) is 0 Å². The van der Waals surface area contributed by atoms with Gasteiger partial charge >= 0.3 is 5.92 Å². The maximum absolute atomic E-state index is 12.6. The maximum Gasteiger partial charge on any atom is 0.312 e. The molecule has 0 spiro atoms. The first-order valence-corrected chi connectivity index (χ1v) is 3.85. The van der Waals surface area contributed by atoms with E-state index in [-0.39, 0.29) is 6.42 Å². The summed E-state index contributed by atoms with van der Waals surface area (Å²) >= 11 is 20.5. The first-order valence-electron chi connectivity index (χ1n) is 2.34. The van der Waals surface area contributed by atoms with Gasteiger partial charge in [0, 0.05) is 6.42 Å². The van der Waals surface area contributed by atoms with Crippen LogP contribution >= 0.6 is 46.4 Å². The molecule has 0 heterocycles. The quantitative estimate of drug-likeness (QED) is 0.559. The Kier molecular flexibility index (Phi) is 1.85. The van der Waals surface area contributed by atoms with Crippen molar-refractivity contribution < 1.29 is 8.78 Å². The van der Waals surface area contributed by atoms with E-state index in [0.29, 0.717) is 0 Å². The van der Waals surface area contributed by atoms with Gasteiger partial charge in [-0.15, -0.1) is 0 Å². The van der Waals surface area contributed by atoms with E-state index in [0.717, 1.165) is 0 Å². The molecule has 0 aliphatic heterocycles. The van der Waals surface area contributed by atoms with Crippen molar-refractivity contribution in [3.8, 4) is 0 Å². The lowest BCUT2D eigenvalue weighted by molar-refractivity contribution is -0.0933. The molecule has 0 saturated heterocycles. The van der Waals surface area contributed by atoms with Gasteiger partial charge in [-0.25, -0.2) is 0 Å². The van der Waals surface area contributed by atoms with Crippen LogP contribution in [0.3, 0.4) is 0 Å². The molecule has 1 fully saturated rings. The maximum atomic E-state index is 12.6. The zero-order valence-electron chi connectivity index (χ0n) is 4.47. The Morgan fingerprint density at radius 2 is 1.20 bits per heavy atom. The van der Waals surface area contributed by atoms with E-state index in [1.807, 2.05) is 0 Å². The molecule has 0 nitrogen and oxygen atoms in total. The van der Waals surface area contributed by atoms with E-state index in [4.69, 9.17) is 46.4 Å². The highest BCUT2D eigenvalue weighted by atomic mass is 35.5. The molecular weight excluding hydrogens is 228 g/mol. The Morgan fingerprint density at radius 1 is 0.900 bits per heavy atom. The molecular formula is C4H2Cl4F2. The largest absolute Gasteiger partial charge is 0.312 e. The number of alkyl halides is 6. The van der Waals surface area contributed by atoms with Crippen LogP contribution in [0.1, 0.15) is 6.42 Å². The van der Waals surface area contributed by atoms with Crippen molar-refractivity contribution in [1.82, 2.24) is 0 Å². The van der Waals surface area contributed by atoms with Crippen molar-refractivity contribution in [2.75, 3.05) is 0 Å². The molecule has 60 valence electrons. The van der Waals surface area contributed by atoms with Crippen LogP contribution in [0.2, 0.25) is 0 Å². The first-order chi connectivity index (χ1) is 4.21. The molecule has 0 aromatic carbocycles. The first kappa shape index (κ1) is 9.11. The Morgan fingerprint density at radius 3 is 1.20 bits per heavy atom. The van der Waals surface area contributed by atoms with Crippen molar-refractivity contribution >= 4 is 46.4 Å². The van der Waals surface area contributed by atoms with Crippen LogP contribution in [0.4, 0.5) is 8.78 Å². The van der Waals surface area contributed by atoms with Gasteiger partial charge in [0.1, 0.15) is 0 Å². The molecule has 1 aliphatic carbocycles. The summed E-state index contributed by atoms with van der Waals surface area (Å²) in [5.74, 6) is -3.42. The van der Waals surface area contributed by atoms with Gasteiger partial charge in [0.05, 0.1) is 0 Å². The van der Waals surface area contributed by atoms with Crippen LogP contribution in [-0.2, 0) is 0 Å². The van der Waals surface area contributed by atoms with Gasteiger partial charge in [-0.3, -0.25) is 0 Å². The highest BCUT2D eigenvalue weighted by Gasteiger charge is 2.76. The van der Waals surface area contributed by atoms with Crippen molar-refractivity contribution in [2.45, 2.75) is 21.0 Å². The second kappa shape index (κ2) is 2.03. The molecule has 0 aromatic rings. The third kappa shape index (κ3) is 0.927. The van der Waals surface area contributed by atoms with Crippen LogP contribution in [-0.4, -0.2) is 14.6 Å². The molecule has 0 aromatic heterocycles.